The number of rotatable bonds is 7. The number of amides is 1. The topological polar surface area (TPSA) is 44.8 Å². The standard InChI is InChI=1S/C27H37N3O2/c1-32-25-13-11-23(12-14-25)26-10-6-3-7-17-30(26)21-27(31)28-24-15-18-29(19-16-24)20-22-8-4-2-5-9-22/h2,4-5,8-9,11-14,24,26H,3,6-7,10,15-21H2,1H3,(H,28,31)/t26-/m1/s1. The Morgan fingerprint density at radius 2 is 1.69 bits per heavy atom. The molecule has 2 saturated heterocycles. The van der Waals surface area contributed by atoms with Crippen LogP contribution in [0.25, 0.3) is 0 Å². The van der Waals surface area contributed by atoms with Gasteiger partial charge in [0.05, 0.1) is 13.7 Å². The van der Waals surface area contributed by atoms with Gasteiger partial charge in [-0.25, -0.2) is 0 Å². The van der Waals surface area contributed by atoms with Gasteiger partial charge >= 0.3 is 0 Å². The molecule has 0 unspecified atom stereocenters. The molecule has 4 rings (SSSR count). The molecule has 0 bridgehead atoms. The van der Waals surface area contributed by atoms with Gasteiger partial charge in [0.25, 0.3) is 0 Å². The summed E-state index contributed by atoms with van der Waals surface area (Å²) >= 11 is 0. The van der Waals surface area contributed by atoms with Crippen molar-refractivity contribution in [3.8, 4) is 5.75 Å². The van der Waals surface area contributed by atoms with E-state index in [1.807, 2.05) is 12.1 Å². The lowest BCUT2D eigenvalue weighted by atomic mass is 10.0. The molecule has 172 valence electrons. The van der Waals surface area contributed by atoms with Crippen molar-refractivity contribution in [1.82, 2.24) is 15.1 Å². The number of nitrogens with one attached hydrogen (secondary N) is 1. The summed E-state index contributed by atoms with van der Waals surface area (Å²) in [6.07, 6.45) is 6.79. The third-order valence-electron chi connectivity index (χ3n) is 6.91. The Labute approximate surface area is 192 Å². The van der Waals surface area contributed by atoms with Gasteiger partial charge in [0, 0.05) is 31.7 Å². The summed E-state index contributed by atoms with van der Waals surface area (Å²) in [4.78, 5) is 17.8. The molecular formula is C27H37N3O2. The molecule has 0 saturated carbocycles. The Kier molecular flexibility index (Phi) is 8.18. The number of ether oxygens (including phenoxy) is 1. The molecule has 0 aliphatic carbocycles. The van der Waals surface area contributed by atoms with Crippen LogP contribution in [-0.2, 0) is 11.3 Å². The van der Waals surface area contributed by atoms with Gasteiger partial charge < -0.3 is 10.1 Å². The number of carbonyl (C=O) groups is 1. The summed E-state index contributed by atoms with van der Waals surface area (Å²) < 4.78 is 5.32. The fraction of sp³-hybridized carbons (Fsp3) is 0.519. The van der Waals surface area contributed by atoms with Gasteiger partial charge in [-0.05, 0) is 55.5 Å². The lowest BCUT2D eigenvalue weighted by molar-refractivity contribution is -0.123. The number of piperidine rings is 1. The summed E-state index contributed by atoms with van der Waals surface area (Å²) in [6.45, 7) is 4.55. The van der Waals surface area contributed by atoms with Crippen molar-refractivity contribution in [2.75, 3.05) is 33.3 Å². The second-order valence-electron chi connectivity index (χ2n) is 9.21. The van der Waals surface area contributed by atoms with Crippen LogP contribution in [0.4, 0.5) is 0 Å². The second-order valence-corrected chi connectivity index (χ2v) is 9.21. The van der Waals surface area contributed by atoms with Crippen LogP contribution in [0, 0.1) is 0 Å². The van der Waals surface area contributed by atoms with Gasteiger partial charge in [0.1, 0.15) is 5.75 Å². The zero-order valence-corrected chi connectivity index (χ0v) is 19.3. The van der Waals surface area contributed by atoms with Gasteiger partial charge in [0.2, 0.25) is 5.91 Å². The Morgan fingerprint density at radius 3 is 2.41 bits per heavy atom. The number of hydrogen-bond acceptors (Lipinski definition) is 4. The lowest BCUT2D eigenvalue weighted by Gasteiger charge is -2.34. The normalized spacial score (nSPS) is 21.1. The molecule has 0 radical (unpaired) electrons. The van der Waals surface area contributed by atoms with E-state index in [0.717, 1.165) is 57.6 Å². The van der Waals surface area contributed by atoms with Crippen LogP contribution in [0.2, 0.25) is 0 Å². The largest absolute Gasteiger partial charge is 0.497 e. The van der Waals surface area contributed by atoms with Crippen LogP contribution >= 0.6 is 0 Å². The van der Waals surface area contributed by atoms with E-state index in [4.69, 9.17) is 4.74 Å². The molecule has 2 aliphatic rings. The molecule has 2 fully saturated rings. The Bertz CT molecular complexity index is 832. The predicted molar refractivity (Wildman–Crippen MR) is 129 cm³/mol. The predicted octanol–water partition coefficient (Wildman–Crippen LogP) is 4.39. The number of hydrogen-bond donors (Lipinski definition) is 1. The number of likely N-dealkylation sites (tertiary alicyclic amines) is 2. The van der Waals surface area contributed by atoms with Gasteiger partial charge in [0.15, 0.2) is 0 Å². The SMILES string of the molecule is COc1ccc([C@H]2CCCCCN2CC(=O)NC2CCN(Cc3ccccc3)CC2)cc1. The molecule has 0 spiro atoms. The fourth-order valence-electron chi connectivity index (χ4n) is 5.10. The van der Waals surface area contributed by atoms with Gasteiger partial charge in [-0.15, -0.1) is 0 Å². The highest BCUT2D eigenvalue weighted by Gasteiger charge is 2.26. The highest BCUT2D eigenvalue weighted by Crippen LogP contribution is 2.31. The van der Waals surface area contributed by atoms with Gasteiger partial charge in [-0.3, -0.25) is 14.6 Å². The maximum absolute atomic E-state index is 13.0. The molecule has 1 amide bonds. The Balaban J connectivity index is 1.28. The van der Waals surface area contributed by atoms with E-state index in [0.29, 0.717) is 18.6 Å². The first kappa shape index (κ1) is 22.8. The average Bonchev–Trinajstić information content (AvgIpc) is 3.06. The molecule has 2 aromatic carbocycles. The minimum atomic E-state index is 0.173. The highest BCUT2D eigenvalue weighted by atomic mass is 16.5. The molecule has 2 heterocycles. The van der Waals surface area contributed by atoms with Crippen molar-refractivity contribution in [2.24, 2.45) is 0 Å². The molecule has 5 heteroatoms. The maximum atomic E-state index is 13.0. The summed E-state index contributed by atoms with van der Waals surface area (Å²) in [5.74, 6) is 1.05. The van der Waals surface area contributed by atoms with E-state index in [1.54, 1.807) is 7.11 Å². The van der Waals surface area contributed by atoms with Crippen LogP contribution in [0.1, 0.15) is 55.7 Å². The zero-order chi connectivity index (χ0) is 22.2. The Morgan fingerprint density at radius 1 is 0.938 bits per heavy atom. The fourth-order valence-corrected chi connectivity index (χ4v) is 5.10. The average molecular weight is 436 g/mol. The summed E-state index contributed by atoms with van der Waals surface area (Å²) in [6, 6.07) is 19.6. The first-order valence-electron chi connectivity index (χ1n) is 12.1. The smallest absolute Gasteiger partial charge is 0.234 e. The first-order valence-corrected chi connectivity index (χ1v) is 12.1. The molecule has 1 N–H and O–H groups in total. The van der Waals surface area contributed by atoms with Crippen LogP contribution in [-0.4, -0.2) is 55.0 Å². The molecule has 1 atom stereocenters. The third kappa shape index (κ3) is 6.33. The molecular weight excluding hydrogens is 398 g/mol. The summed E-state index contributed by atoms with van der Waals surface area (Å²) in [5, 5.41) is 3.33. The van der Waals surface area contributed by atoms with E-state index in [1.165, 1.54) is 24.0 Å². The lowest BCUT2D eigenvalue weighted by Crippen LogP contribution is -2.47. The first-order chi connectivity index (χ1) is 15.7. The van der Waals surface area contributed by atoms with E-state index in [-0.39, 0.29) is 5.91 Å². The number of methoxy groups -OCH3 is 1. The van der Waals surface area contributed by atoms with Crippen molar-refractivity contribution < 1.29 is 9.53 Å². The number of carbonyl (C=O) groups excluding carboxylic acids is 1. The van der Waals surface area contributed by atoms with Gasteiger partial charge in [-0.2, -0.15) is 0 Å². The van der Waals surface area contributed by atoms with Crippen molar-refractivity contribution >= 4 is 5.91 Å². The number of nitrogens with zero attached hydrogens (tertiary/aromatic N) is 2. The minimum Gasteiger partial charge on any atom is -0.497 e. The zero-order valence-electron chi connectivity index (χ0n) is 19.3. The summed E-state index contributed by atoms with van der Waals surface area (Å²) in [7, 11) is 1.70. The quantitative estimate of drug-likeness (QED) is 0.700. The van der Waals surface area contributed by atoms with Crippen LogP contribution in [0.15, 0.2) is 54.6 Å². The van der Waals surface area contributed by atoms with Crippen molar-refractivity contribution in [1.29, 1.82) is 0 Å². The maximum Gasteiger partial charge on any atom is 0.234 e. The number of benzene rings is 2. The van der Waals surface area contributed by atoms with E-state index in [9.17, 15) is 4.79 Å². The molecule has 0 aromatic heterocycles. The highest BCUT2D eigenvalue weighted by molar-refractivity contribution is 5.78. The molecule has 2 aromatic rings. The summed E-state index contributed by atoms with van der Waals surface area (Å²) in [5.41, 5.74) is 2.65. The van der Waals surface area contributed by atoms with E-state index in [2.05, 4.69) is 57.6 Å². The van der Waals surface area contributed by atoms with Crippen LogP contribution in [0.3, 0.4) is 0 Å². The van der Waals surface area contributed by atoms with Crippen molar-refractivity contribution in [3.05, 3.63) is 65.7 Å². The third-order valence-corrected chi connectivity index (χ3v) is 6.91. The van der Waals surface area contributed by atoms with E-state index < -0.39 is 0 Å². The Hall–Kier alpha value is -2.37. The van der Waals surface area contributed by atoms with Crippen molar-refractivity contribution in [2.45, 2.75) is 57.2 Å². The van der Waals surface area contributed by atoms with Crippen LogP contribution in [0.5, 0.6) is 5.75 Å². The molecule has 32 heavy (non-hydrogen) atoms. The van der Waals surface area contributed by atoms with E-state index >= 15 is 0 Å². The minimum absolute atomic E-state index is 0.173. The van der Waals surface area contributed by atoms with Crippen molar-refractivity contribution in [3.63, 3.8) is 0 Å². The van der Waals surface area contributed by atoms with Crippen LogP contribution < -0.4 is 10.1 Å². The van der Waals surface area contributed by atoms with Gasteiger partial charge in [-0.1, -0.05) is 55.3 Å². The second kappa shape index (κ2) is 11.5. The monoisotopic (exact) mass is 435 g/mol. The molecule has 5 nitrogen and oxygen atoms in total. The molecule has 2 aliphatic heterocycles.